The number of fused-ring (bicyclic) bond motifs is 1. The smallest absolute Gasteiger partial charge is 0.416 e. The first-order chi connectivity index (χ1) is 17.7. The summed E-state index contributed by atoms with van der Waals surface area (Å²) in [5, 5.41) is 0. The third-order valence-electron chi connectivity index (χ3n) is 7.22. The van der Waals surface area contributed by atoms with E-state index in [2.05, 4.69) is 22.0 Å². The van der Waals surface area contributed by atoms with Gasteiger partial charge in [0.1, 0.15) is 11.6 Å². The number of alkyl halides is 3. The number of carbonyl (C=O) groups is 1. The Labute approximate surface area is 213 Å². The van der Waals surface area contributed by atoms with E-state index >= 15 is 0 Å². The molecule has 0 aliphatic carbocycles. The zero-order valence-electron chi connectivity index (χ0n) is 20.9. The molecule has 2 fully saturated rings. The van der Waals surface area contributed by atoms with Gasteiger partial charge in [-0.1, -0.05) is 30.3 Å². The molecule has 10 heteroatoms. The maximum Gasteiger partial charge on any atom is 0.416 e. The predicted molar refractivity (Wildman–Crippen MR) is 133 cm³/mol. The van der Waals surface area contributed by atoms with Crippen LogP contribution in [0.15, 0.2) is 52.9 Å². The van der Waals surface area contributed by atoms with Gasteiger partial charge in [0, 0.05) is 44.8 Å². The number of piperazine rings is 1. The predicted octanol–water partition coefficient (Wildman–Crippen LogP) is 5.55. The van der Waals surface area contributed by atoms with Crippen molar-refractivity contribution in [1.82, 2.24) is 14.8 Å². The normalized spacial score (nSPS) is 22.0. The second-order valence-corrected chi connectivity index (χ2v) is 10.0. The quantitative estimate of drug-likeness (QED) is 0.453. The number of anilines is 1. The summed E-state index contributed by atoms with van der Waals surface area (Å²) in [6.45, 7) is 7.34. The Bertz CT molecular complexity index is 1220. The van der Waals surface area contributed by atoms with Crippen LogP contribution in [0.4, 0.5) is 24.0 Å². The molecule has 2 aliphatic rings. The van der Waals surface area contributed by atoms with Gasteiger partial charge in [0.25, 0.3) is 6.01 Å². The molecule has 7 nitrogen and oxygen atoms in total. The van der Waals surface area contributed by atoms with Crippen LogP contribution in [0.1, 0.15) is 37.8 Å². The van der Waals surface area contributed by atoms with Crippen molar-refractivity contribution in [2.45, 2.75) is 57.6 Å². The number of benzene rings is 2. The molecule has 198 valence electrons. The molecule has 1 aromatic heterocycles. The SMILES string of the molecule is C[C@@H]1CN(c2nc3ccc(C(F)(F)F)cc3o2)[C@@H](C)CN1C(=O)OC1CCN(Cc2ccccc2)CC1. The Morgan fingerprint density at radius 1 is 1.05 bits per heavy atom. The number of ether oxygens (including phenoxy) is 1. The van der Waals surface area contributed by atoms with Gasteiger partial charge < -0.3 is 19.0 Å². The molecule has 2 aliphatic heterocycles. The number of likely N-dealkylation sites (tertiary alicyclic amines) is 1. The number of amides is 1. The summed E-state index contributed by atoms with van der Waals surface area (Å²) in [6.07, 6.45) is -3.29. The van der Waals surface area contributed by atoms with Gasteiger partial charge in [0.15, 0.2) is 5.58 Å². The van der Waals surface area contributed by atoms with Crippen molar-refractivity contribution in [3.05, 3.63) is 59.7 Å². The molecule has 0 bridgehead atoms. The lowest BCUT2D eigenvalue weighted by Crippen LogP contribution is -2.59. The summed E-state index contributed by atoms with van der Waals surface area (Å²) in [6, 6.07) is 13.6. The molecule has 3 heterocycles. The lowest BCUT2D eigenvalue weighted by Gasteiger charge is -2.43. The Morgan fingerprint density at radius 3 is 2.49 bits per heavy atom. The Morgan fingerprint density at radius 2 is 1.78 bits per heavy atom. The third kappa shape index (κ3) is 5.69. The Kier molecular flexibility index (Phi) is 7.02. The van der Waals surface area contributed by atoms with Gasteiger partial charge in [-0.2, -0.15) is 18.2 Å². The number of halogens is 3. The van der Waals surface area contributed by atoms with Crippen LogP contribution in [0.5, 0.6) is 0 Å². The molecule has 3 aromatic rings. The summed E-state index contributed by atoms with van der Waals surface area (Å²) < 4.78 is 50.8. The molecule has 0 spiro atoms. The van der Waals surface area contributed by atoms with Gasteiger partial charge in [0.05, 0.1) is 5.56 Å². The fourth-order valence-corrected chi connectivity index (χ4v) is 5.10. The average molecular weight is 517 g/mol. The zero-order valence-corrected chi connectivity index (χ0v) is 20.9. The number of oxazole rings is 1. The van der Waals surface area contributed by atoms with Crippen LogP contribution in [0.25, 0.3) is 11.1 Å². The summed E-state index contributed by atoms with van der Waals surface area (Å²) in [4.78, 5) is 23.4. The zero-order chi connectivity index (χ0) is 26.2. The van der Waals surface area contributed by atoms with Crippen LogP contribution in [0, 0.1) is 0 Å². The van der Waals surface area contributed by atoms with E-state index in [1.807, 2.05) is 36.9 Å². The highest BCUT2D eigenvalue weighted by atomic mass is 19.4. The third-order valence-corrected chi connectivity index (χ3v) is 7.22. The molecule has 2 atom stereocenters. The molecule has 37 heavy (non-hydrogen) atoms. The van der Waals surface area contributed by atoms with E-state index in [1.165, 1.54) is 11.6 Å². The Hall–Kier alpha value is -3.27. The monoisotopic (exact) mass is 516 g/mol. The van der Waals surface area contributed by atoms with Crippen LogP contribution < -0.4 is 4.90 Å². The van der Waals surface area contributed by atoms with Crippen molar-refractivity contribution in [2.75, 3.05) is 31.1 Å². The minimum Gasteiger partial charge on any atom is -0.446 e. The van der Waals surface area contributed by atoms with Crippen molar-refractivity contribution in [3.63, 3.8) is 0 Å². The first kappa shape index (κ1) is 25.4. The number of nitrogens with zero attached hydrogens (tertiary/aromatic N) is 4. The molecule has 0 radical (unpaired) electrons. The molecule has 1 amide bonds. The van der Waals surface area contributed by atoms with Gasteiger partial charge in [0.2, 0.25) is 0 Å². The second kappa shape index (κ2) is 10.2. The number of hydrogen-bond donors (Lipinski definition) is 0. The minimum absolute atomic E-state index is 0.0881. The number of hydrogen-bond acceptors (Lipinski definition) is 6. The van der Waals surface area contributed by atoms with E-state index in [0.717, 1.165) is 44.6 Å². The fourth-order valence-electron chi connectivity index (χ4n) is 5.10. The molecule has 0 saturated carbocycles. The van der Waals surface area contributed by atoms with E-state index < -0.39 is 11.7 Å². The highest BCUT2D eigenvalue weighted by molar-refractivity contribution is 5.76. The van der Waals surface area contributed by atoms with Gasteiger partial charge >= 0.3 is 12.3 Å². The van der Waals surface area contributed by atoms with Crippen LogP contribution in [0.3, 0.4) is 0 Å². The number of aromatic nitrogens is 1. The van der Waals surface area contributed by atoms with Crippen molar-refractivity contribution in [1.29, 1.82) is 0 Å². The minimum atomic E-state index is -4.45. The van der Waals surface area contributed by atoms with E-state index in [4.69, 9.17) is 9.15 Å². The van der Waals surface area contributed by atoms with Crippen molar-refractivity contribution in [2.24, 2.45) is 0 Å². The first-order valence-electron chi connectivity index (χ1n) is 12.7. The molecule has 0 unspecified atom stereocenters. The van der Waals surface area contributed by atoms with Crippen molar-refractivity contribution < 1.29 is 27.1 Å². The molecule has 2 aromatic carbocycles. The molecule has 0 N–H and O–H groups in total. The molecule has 2 saturated heterocycles. The summed E-state index contributed by atoms with van der Waals surface area (Å²) in [7, 11) is 0. The number of piperidine rings is 1. The second-order valence-electron chi connectivity index (χ2n) is 10.0. The fraction of sp³-hybridized carbons (Fsp3) is 0.481. The van der Waals surface area contributed by atoms with Crippen LogP contribution >= 0.6 is 0 Å². The lowest BCUT2D eigenvalue weighted by molar-refractivity contribution is -0.137. The van der Waals surface area contributed by atoms with Crippen LogP contribution in [-0.2, 0) is 17.5 Å². The van der Waals surface area contributed by atoms with Crippen molar-refractivity contribution in [3.8, 4) is 0 Å². The van der Waals surface area contributed by atoms with E-state index in [9.17, 15) is 18.0 Å². The highest BCUT2D eigenvalue weighted by Gasteiger charge is 2.37. The van der Waals surface area contributed by atoms with Gasteiger partial charge in [-0.3, -0.25) is 4.90 Å². The van der Waals surface area contributed by atoms with E-state index in [-0.39, 0.29) is 35.9 Å². The van der Waals surface area contributed by atoms with Crippen LogP contribution in [0.2, 0.25) is 0 Å². The van der Waals surface area contributed by atoms with E-state index in [0.29, 0.717) is 18.6 Å². The van der Waals surface area contributed by atoms with Crippen LogP contribution in [-0.4, -0.2) is 65.2 Å². The Balaban J connectivity index is 1.16. The summed E-state index contributed by atoms with van der Waals surface area (Å²) in [5.41, 5.74) is 0.953. The summed E-state index contributed by atoms with van der Waals surface area (Å²) >= 11 is 0. The number of carbonyl (C=O) groups excluding carboxylic acids is 1. The first-order valence-corrected chi connectivity index (χ1v) is 12.7. The number of rotatable bonds is 4. The highest BCUT2D eigenvalue weighted by Crippen LogP contribution is 2.33. The van der Waals surface area contributed by atoms with Gasteiger partial charge in [-0.05, 0) is 50.5 Å². The molecular weight excluding hydrogens is 485 g/mol. The average Bonchev–Trinajstić information content (AvgIpc) is 3.30. The van der Waals surface area contributed by atoms with Gasteiger partial charge in [-0.15, -0.1) is 0 Å². The molecule has 5 rings (SSSR count). The maximum absolute atomic E-state index is 13.1. The largest absolute Gasteiger partial charge is 0.446 e. The standard InChI is InChI=1S/C27H31F3N4O3/c1-18-16-34(26(35)36-22-10-12-32(13-11-22)17-20-6-4-3-5-7-20)19(2)15-33(18)25-31-23-9-8-21(27(28,29)30)14-24(23)37-25/h3-9,14,18-19,22H,10-13,15-17H2,1-2H3/t18-,19+/m0/s1. The summed E-state index contributed by atoms with van der Waals surface area (Å²) in [5.74, 6) is 0. The maximum atomic E-state index is 13.1. The van der Waals surface area contributed by atoms with Gasteiger partial charge in [-0.25, -0.2) is 4.79 Å². The lowest BCUT2D eigenvalue weighted by atomic mass is 10.1. The van der Waals surface area contributed by atoms with E-state index in [1.54, 1.807) is 4.90 Å². The van der Waals surface area contributed by atoms with Crippen molar-refractivity contribution >= 4 is 23.2 Å². The topological polar surface area (TPSA) is 62.1 Å². The molecular formula is C27H31F3N4O3.